The number of aryl methyl sites for hydroxylation is 1. The summed E-state index contributed by atoms with van der Waals surface area (Å²) in [7, 11) is 1.29. The maximum absolute atomic E-state index is 12.5. The second-order valence-corrected chi connectivity index (χ2v) is 8.41. The van der Waals surface area contributed by atoms with Gasteiger partial charge in [0.25, 0.3) is 0 Å². The number of methoxy groups -OCH3 is 1. The number of fused-ring (bicyclic) bond motifs is 3. The van der Waals surface area contributed by atoms with Crippen molar-refractivity contribution < 1.29 is 23.8 Å². The van der Waals surface area contributed by atoms with Crippen LogP contribution in [0.4, 0.5) is 4.79 Å². The average molecular weight is 498 g/mol. The van der Waals surface area contributed by atoms with Gasteiger partial charge < -0.3 is 14.2 Å². The Labute approximate surface area is 206 Å². The second-order valence-electron chi connectivity index (χ2n) is 7.97. The fourth-order valence-electron chi connectivity index (χ4n) is 3.60. The lowest BCUT2D eigenvalue weighted by Crippen LogP contribution is -2.31. The number of halogens is 1. The molecule has 2 heterocycles. The molecule has 1 aromatic heterocycles. The van der Waals surface area contributed by atoms with E-state index in [0.717, 1.165) is 11.3 Å². The minimum atomic E-state index is -0.889. The lowest BCUT2D eigenvalue weighted by atomic mass is 10.00. The Morgan fingerprint density at radius 1 is 1.14 bits per heavy atom. The molecule has 0 saturated heterocycles. The highest BCUT2D eigenvalue weighted by Crippen LogP contribution is 2.32. The summed E-state index contributed by atoms with van der Waals surface area (Å²) < 4.78 is 17.4. The van der Waals surface area contributed by atoms with Gasteiger partial charge in [0.05, 0.1) is 24.6 Å². The van der Waals surface area contributed by atoms with Crippen molar-refractivity contribution in [2.75, 3.05) is 13.7 Å². The van der Waals surface area contributed by atoms with E-state index in [1.807, 2.05) is 22.8 Å². The molecule has 0 spiro atoms. The normalized spacial score (nSPS) is 14.3. The highest BCUT2D eigenvalue weighted by atomic mass is 35.5. The third-order valence-electron chi connectivity index (χ3n) is 5.12. The molecule has 1 aliphatic heterocycles. The first-order valence-corrected chi connectivity index (χ1v) is 11.2. The zero-order valence-electron chi connectivity index (χ0n) is 19.6. The number of carbonyl (C=O) groups excluding carboxylic acids is 2. The Morgan fingerprint density at radius 2 is 1.89 bits per heavy atom. The Kier molecular flexibility index (Phi) is 7.02. The number of rotatable bonds is 6. The highest BCUT2D eigenvalue weighted by Gasteiger charge is 2.30. The molecule has 0 unspecified atom stereocenters. The van der Waals surface area contributed by atoms with Crippen LogP contribution in [0.3, 0.4) is 0 Å². The van der Waals surface area contributed by atoms with Crippen LogP contribution in [0.1, 0.15) is 42.8 Å². The van der Waals surface area contributed by atoms with Crippen molar-refractivity contribution in [2.24, 2.45) is 4.99 Å². The summed E-state index contributed by atoms with van der Waals surface area (Å²) in [5.74, 6) is 0.947. The largest absolute Gasteiger partial charge is 0.482 e. The number of benzene rings is 2. The number of carbonyl (C=O) groups is 2. The molecular formula is C24H24ClN5O5. The van der Waals surface area contributed by atoms with Crippen LogP contribution < -0.4 is 10.1 Å². The van der Waals surface area contributed by atoms with Gasteiger partial charge in [0, 0.05) is 16.1 Å². The third kappa shape index (κ3) is 5.27. The van der Waals surface area contributed by atoms with Crippen molar-refractivity contribution in [3.05, 3.63) is 70.3 Å². The molecule has 0 fully saturated rings. The first-order chi connectivity index (χ1) is 16.8. The predicted octanol–water partition coefficient (Wildman–Crippen LogP) is 3.77. The van der Waals surface area contributed by atoms with Crippen LogP contribution in [0, 0.1) is 6.92 Å². The van der Waals surface area contributed by atoms with Gasteiger partial charge in [-0.25, -0.2) is 9.59 Å². The number of ether oxygens (including phenoxy) is 3. The van der Waals surface area contributed by atoms with E-state index in [-0.39, 0.29) is 12.7 Å². The second kappa shape index (κ2) is 10.1. The van der Waals surface area contributed by atoms with E-state index >= 15 is 0 Å². The van der Waals surface area contributed by atoms with Crippen molar-refractivity contribution in [1.29, 1.82) is 0 Å². The number of nitrogens with zero attached hydrogens (tertiary/aromatic N) is 4. The lowest BCUT2D eigenvalue weighted by Gasteiger charge is -2.15. The zero-order chi connectivity index (χ0) is 25.1. The smallest absolute Gasteiger partial charge is 0.409 e. The first-order valence-electron chi connectivity index (χ1n) is 10.8. The van der Waals surface area contributed by atoms with E-state index in [4.69, 9.17) is 26.1 Å². The molecule has 3 aromatic rings. The summed E-state index contributed by atoms with van der Waals surface area (Å²) in [5, 5.41) is 11.8. The van der Waals surface area contributed by atoms with E-state index in [2.05, 4.69) is 20.3 Å². The lowest BCUT2D eigenvalue weighted by molar-refractivity contribution is -0.142. The third-order valence-corrected chi connectivity index (χ3v) is 5.37. The minimum Gasteiger partial charge on any atom is -0.482 e. The fourth-order valence-corrected chi connectivity index (χ4v) is 3.72. The summed E-state index contributed by atoms with van der Waals surface area (Å²) in [6.07, 6.45) is -1.84. The number of alkyl carbamates (subject to hydrolysis) is 1. The molecule has 1 atom stereocenters. The Morgan fingerprint density at radius 3 is 2.57 bits per heavy atom. The Bertz CT molecular complexity index is 1290. The SMILES string of the molecule is COC(=O)COc1ccc2c(c1)C(c1ccc(Cl)cc1)=N[C@H](NC(=O)OC(C)C)c1nnc(C)n1-2. The Hall–Kier alpha value is -3.92. The Balaban J connectivity index is 1.87. The van der Waals surface area contributed by atoms with E-state index in [1.165, 1.54) is 7.11 Å². The van der Waals surface area contributed by atoms with Crippen LogP contribution in [0.5, 0.6) is 5.75 Å². The van der Waals surface area contributed by atoms with E-state index in [9.17, 15) is 9.59 Å². The number of amides is 1. The van der Waals surface area contributed by atoms with Crippen molar-refractivity contribution in [3.8, 4) is 11.4 Å². The van der Waals surface area contributed by atoms with Gasteiger partial charge >= 0.3 is 12.1 Å². The predicted molar refractivity (Wildman–Crippen MR) is 128 cm³/mol. The summed E-state index contributed by atoms with van der Waals surface area (Å²) in [6, 6.07) is 12.5. The molecule has 11 heteroatoms. The summed E-state index contributed by atoms with van der Waals surface area (Å²) >= 11 is 6.12. The molecule has 10 nitrogen and oxygen atoms in total. The van der Waals surface area contributed by atoms with Gasteiger partial charge in [-0.2, -0.15) is 0 Å². The fraction of sp³-hybridized carbons (Fsp3) is 0.292. The molecular weight excluding hydrogens is 474 g/mol. The maximum atomic E-state index is 12.5. The van der Waals surface area contributed by atoms with E-state index in [0.29, 0.717) is 33.7 Å². The number of nitrogens with one attached hydrogen (secondary N) is 1. The summed E-state index contributed by atoms with van der Waals surface area (Å²) in [4.78, 5) is 29.0. The molecule has 0 saturated carbocycles. The van der Waals surface area contributed by atoms with Crippen molar-refractivity contribution in [3.63, 3.8) is 0 Å². The molecule has 0 bridgehead atoms. The topological polar surface area (TPSA) is 117 Å². The highest BCUT2D eigenvalue weighted by molar-refractivity contribution is 6.30. The number of hydrogen-bond acceptors (Lipinski definition) is 8. The summed E-state index contributed by atoms with van der Waals surface area (Å²) in [6.45, 7) is 5.07. The molecule has 35 heavy (non-hydrogen) atoms. The monoisotopic (exact) mass is 497 g/mol. The molecule has 1 N–H and O–H groups in total. The zero-order valence-corrected chi connectivity index (χ0v) is 20.4. The maximum Gasteiger partial charge on any atom is 0.409 e. The average Bonchev–Trinajstić information content (AvgIpc) is 3.15. The molecule has 182 valence electrons. The van der Waals surface area contributed by atoms with Crippen LogP contribution >= 0.6 is 11.6 Å². The van der Waals surface area contributed by atoms with E-state index in [1.54, 1.807) is 45.0 Å². The van der Waals surface area contributed by atoms with Crippen LogP contribution in [0.2, 0.25) is 5.02 Å². The van der Waals surface area contributed by atoms with Crippen molar-refractivity contribution in [1.82, 2.24) is 20.1 Å². The van der Waals surface area contributed by atoms with Crippen molar-refractivity contribution >= 4 is 29.4 Å². The molecule has 1 aliphatic rings. The standard InChI is InChI=1S/C24H24ClN5O5/c1-13(2)35-24(32)27-22-23-29-28-14(3)30(23)19-10-9-17(34-12-20(31)33-4)11-18(19)21(26-22)15-5-7-16(25)8-6-15/h5-11,13,22H,12H2,1-4H3,(H,27,32)/t22-/m1/s1. The number of hydrogen-bond donors (Lipinski definition) is 1. The van der Waals surface area contributed by atoms with Gasteiger partial charge in [-0.3, -0.25) is 14.9 Å². The molecule has 2 aromatic carbocycles. The van der Waals surface area contributed by atoms with Crippen molar-refractivity contribution in [2.45, 2.75) is 33.0 Å². The molecule has 0 aliphatic carbocycles. The minimum absolute atomic E-state index is 0.245. The number of aliphatic imine (C=N–C) groups is 1. The molecule has 1 amide bonds. The van der Waals surface area contributed by atoms with Gasteiger partial charge in [-0.15, -0.1) is 10.2 Å². The van der Waals surface area contributed by atoms with Gasteiger partial charge in [-0.05, 0) is 51.1 Å². The van der Waals surface area contributed by atoms with Crippen LogP contribution in [-0.4, -0.2) is 52.4 Å². The first kappa shape index (κ1) is 24.2. The van der Waals surface area contributed by atoms with Gasteiger partial charge in [0.2, 0.25) is 0 Å². The van der Waals surface area contributed by atoms with Crippen LogP contribution in [0.25, 0.3) is 5.69 Å². The van der Waals surface area contributed by atoms with Crippen LogP contribution in [-0.2, 0) is 14.3 Å². The van der Waals surface area contributed by atoms with Crippen LogP contribution in [0.15, 0.2) is 47.5 Å². The van der Waals surface area contributed by atoms with E-state index < -0.39 is 18.2 Å². The van der Waals surface area contributed by atoms with Gasteiger partial charge in [0.1, 0.15) is 11.6 Å². The van der Waals surface area contributed by atoms with Gasteiger partial charge in [0.15, 0.2) is 18.6 Å². The number of esters is 1. The molecule has 4 rings (SSSR count). The molecule has 0 radical (unpaired) electrons. The number of aromatic nitrogens is 3. The quantitative estimate of drug-likeness (QED) is 0.515. The van der Waals surface area contributed by atoms with Gasteiger partial charge in [-0.1, -0.05) is 23.7 Å². The summed E-state index contributed by atoms with van der Waals surface area (Å²) in [5.41, 5.74) is 2.71.